The fourth-order valence-corrected chi connectivity index (χ4v) is 2.87. The molecule has 2 aromatic rings. The fraction of sp³-hybridized carbons (Fsp3) is 0.200. The van der Waals surface area contributed by atoms with E-state index in [0.29, 0.717) is 5.02 Å². The molecule has 0 spiro atoms. The van der Waals surface area contributed by atoms with E-state index in [1.54, 1.807) is 19.2 Å². The van der Waals surface area contributed by atoms with Crippen LogP contribution < -0.4 is 4.74 Å². The smallest absolute Gasteiger partial charge is 0.121 e. The highest BCUT2D eigenvalue weighted by Gasteiger charge is 2.15. The van der Waals surface area contributed by atoms with Crippen LogP contribution in [0, 0.1) is 6.92 Å². The molecule has 4 heteroatoms. The van der Waals surface area contributed by atoms with Crippen LogP contribution in [0.5, 0.6) is 5.75 Å². The van der Waals surface area contributed by atoms with Gasteiger partial charge in [0.2, 0.25) is 0 Å². The van der Waals surface area contributed by atoms with E-state index in [2.05, 4.69) is 15.9 Å². The Morgan fingerprint density at radius 3 is 2.53 bits per heavy atom. The molecule has 1 N–H and O–H groups in total. The summed E-state index contributed by atoms with van der Waals surface area (Å²) in [4.78, 5) is 0. The number of benzene rings is 2. The molecule has 19 heavy (non-hydrogen) atoms. The Balaban J connectivity index is 2.38. The molecule has 0 aliphatic heterocycles. The van der Waals surface area contributed by atoms with Crippen LogP contribution in [-0.2, 0) is 0 Å². The fourth-order valence-electron chi connectivity index (χ4n) is 1.97. The van der Waals surface area contributed by atoms with Crippen LogP contribution in [0.25, 0.3) is 0 Å². The maximum absolute atomic E-state index is 10.4. The summed E-state index contributed by atoms with van der Waals surface area (Å²) >= 11 is 9.33. The van der Waals surface area contributed by atoms with Gasteiger partial charge in [-0.3, -0.25) is 0 Å². The Bertz CT molecular complexity index is 599. The van der Waals surface area contributed by atoms with Gasteiger partial charge in [0.05, 0.1) is 7.11 Å². The first-order valence-electron chi connectivity index (χ1n) is 5.80. The molecule has 0 aliphatic rings. The van der Waals surface area contributed by atoms with Crippen molar-refractivity contribution in [2.45, 2.75) is 13.0 Å². The predicted octanol–water partition coefficient (Wildman–Crippen LogP) is 4.50. The largest absolute Gasteiger partial charge is 0.496 e. The zero-order chi connectivity index (χ0) is 14.0. The second kappa shape index (κ2) is 5.95. The molecule has 0 heterocycles. The number of halogens is 2. The van der Waals surface area contributed by atoms with E-state index in [-0.39, 0.29) is 0 Å². The molecule has 0 amide bonds. The first-order chi connectivity index (χ1) is 9.02. The van der Waals surface area contributed by atoms with Gasteiger partial charge in [0, 0.05) is 9.50 Å². The van der Waals surface area contributed by atoms with Crippen LogP contribution in [0.1, 0.15) is 22.8 Å². The minimum Gasteiger partial charge on any atom is -0.496 e. The minimum absolute atomic E-state index is 0.633. The number of aliphatic hydroxyl groups excluding tert-OH is 1. The van der Waals surface area contributed by atoms with Gasteiger partial charge in [-0.2, -0.15) is 0 Å². The zero-order valence-electron chi connectivity index (χ0n) is 10.7. The summed E-state index contributed by atoms with van der Waals surface area (Å²) in [5.74, 6) is 0.811. The predicted molar refractivity (Wildman–Crippen MR) is 80.9 cm³/mol. The van der Waals surface area contributed by atoms with Gasteiger partial charge in [0.25, 0.3) is 0 Å². The van der Waals surface area contributed by atoms with Crippen LogP contribution in [0.15, 0.2) is 40.9 Å². The molecular weight excluding hydrogens is 328 g/mol. The van der Waals surface area contributed by atoms with Crippen LogP contribution in [0.2, 0.25) is 5.02 Å². The third-order valence-corrected chi connectivity index (χ3v) is 3.91. The molecule has 0 fully saturated rings. The summed E-state index contributed by atoms with van der Waals surface area (Å²) in [6.07, 6.45) is -0.698. The Labute approximate surface area is 126 Å². The highest BCUT2D eigenvalue weighted by atomic mass is 79.9. The van der Waals surface area contributed by atoms with Crippen molar-refractivity contribution < 1.29 is 9.84 Å². The van der Waals surface area contributed by atoms with E-state index in [0.717, 1.165) is 26.9 Å². The maximum atomic E-state index is 10.4. The van der Waals surface area contributed by atoms with Crippen molar-refractivity contribution in [3.05, 3.63) is 62.6 Å². The minimum atomic E-state index is -0.698. The Hall–Kier alpha value is -1.03. The molecular formula is C15H14BrClO2. The molecule has 0 radical (unpaired) electrons. The third-order valence-electron chi connectivity index (χ3n) is 2.99. The lowest BCUT2D eigenvalue weighted by molar-refractivity contribution is 0.219. The number of aliphatic hydroxyl groups is 1. The Morgan fingerprint density at radius 1 is 1.21 bits per heavy atom. The topological polar surface area (TPSA) is 29.5 Å². The molecule has 2 nitrogen and oxygen atoms in total. The molecule has 0 saturated heterocycles. The summed E-state index contributed by atoms with van der Waals surface area (Å²) in [5.41, 5.74) is 2.60. The lowest BCUT2D eigenvalue weighted by Crippen LogP contribution is -2.01. The van der Waals surface area contributed by atoms with Crippen molar-refractivity contribution in [3.8, 4) is 5.75 Å². The van der Waals surface area contributed by atoms with E-state index in [9.17, 15) is 5.11 Å². The molecule has 0 aliphatic carbocycles. The van der Waals surface area contributed by atoms with Crippen LogP contribution in [-0.4, -0.2) is 12.2 Å². The molecule has 1 atom stereocenters. The first-order valence-corrected chi connectivity index (χ1v) is 6.97. The van der Waals surface area contributed by atoms with Gasteiger partial charge in [-0.1, -0.05) is 39.7 Å². The quantitative estimate of drug-likeness (QED) is 0.890. The van der Waals surface area contributed by atoms with Crippen molar-refractivity contribution in [2.24, 2.45) is 0 Å². The summed E-state index contributed by atoms with van der Waals surface area (Å²) in [5, 5.41) is 11.1. The molecule has 0 saturated carbocycles. The number of methoxy groups -OCH3 is 1. The summed E-state index contributed by atoms with van der Waals surface area (Å²) in [7, 11) is 1.63. The average Bonchev–Trinajstić information content (AvgIpc) is 2.38. The van der Waals surface area contributed by atoms with Gasteiger partial charge in [0.15, 0.2) is 0 Å². The van der Waals surface area contributed by atoms with Gasteiger partial charge in [-0.25, -0.2) is 0 Å². The van der Waals surface area contributed by atoms with E-state index in [4.69, 9.17) is 16.3 Å². The molecule has 2 rings (SSSR count). The van der Waals surface area contributed by atoms with Crippen molar-refractivity contribution >= 4 is 27.5 Å². The molecule has 0 aromatic heterocycles. The highest BCUT2D eigenvalue weighted by molar-refractivity contribution is 9.10. The maximum Gasteiger partial charge on any atom is 0.121 e. The van der Waals surface area contributed by atoms with Gasteiger partial charge in [0.1, 0.15) is 11.9 Å². The Morgan fingerprint density at radius 2 is 1.95 bits per heavy atom. The van der Waals surface area contributed by atoms with Crippen molar-refractivity contribution in [1.82, 2.24) is 0 Å². The molecule has 2 aromatic carbocycles. The monoisotopic (exact) mass is 340 g/mol. The van der Waals surface area contributed by atoms with E-state index in [1.165, 1.54) is 0 Å². The number of hydrogen-bond donors (Lipinski definition) is 1. The number of ether oxygens (including phenoxy) is 1. The van der Waals surface area contributed by atoms with E-state index in [1.807, 2.05) is 31.2 Å². The summed E-state index contributed by atoms with van der Waals surface area (Å²) in [6.45, 7) is 1.95. The zero-order valence-corrected chi connectivity index (χ0v) is 13.0. The molecule has 1 unspecified atom stereocenters. The Kier molecular flexibility index (Phi) is 4.50. The SMILES string of the molecule is COc1ccc(C(O)c2ccc(Cl)cc2Br)cc1C. The van der Waals surface area contributed by atoms with Gasteiger partial charge in [-0.05, 0) is 47.9 Å². The van der Waals surface area contributed by atoms with Gasteiger partial charge < -0.3 is 9.84 Å². The van der Waals surface area contributed by atoms with Crippen molar-refractivity contribution in [2.75, 3.05) is 7.11 Å². The van der Waals surface area contributed by atoms with Gasteiger partial charge >= 0.3 is 0 Å². The lowest BCUT2D eigenvalue weighted by atomic mass is 10.00. The normalized spacial score (nSPS) is 12.3. The number of rotatable bonds is 3. The van der Waals surface area contributed by atoms with Crippen LogP contribution in [0.3, 0.4) is 0 Å². The third kappa shape index (κ3) is 3.11. The van der Waals surface area contributed by atoms with E-state index >= 15 is 0 Å². The second-order valence-electron chi connectivity index (χ2n) is 4.30. The standard InChI is InChI=1S/C15H14BrClO2/c1-9-7-10(3-6-14(9)19-2)15(18)12-5-4-11(17)8-13(12)16/h3-8,15,18H,1-2H3. The van der Waals surface area contributed by atoms with Crippen LogP contribution in [0.4, 0.5) is 0 Å². The van der Waals surface area contributed by atoms with Gasteiger partial charge in [-0.15, -0.1) is 0 Å². The molecule has 100 valence electrons. The molecule has 0 bridgehead atoms. The van der Waals surface area contributed by atoms with Crippen molar-refractivity contribution in [1.29, 1.82) is 0 Å². The number of aryl methyl sites for hydroxylation is 1. The highest BCUT2D eigenvalue weighted by Crippen LogP contribution is 2.32. The first kappa shape index (κ1) is 14.4. The van der Waals surface area contributed by atoms with E-state index < -0.39 is 6.10 Å². The summed E-state index contributed by atoms with van der Waals surface area (Å²) < 4.78 is 6.01. The van der Waals surface area contributed by atoms with Crippen molar-refractivity contribution in [3.63, 3.8) is 0 Å². The number of hydrogen-bond acceptors (Lipinski definition) is 2. The second-order valence-corrected chi connectivity index (χ2v) is 5.59. The average molecular weight is 342 g/mol. The lowest BCUT2D eigenvalue weighted by Gasteiger charge is -2.15. The summed E-state index contributed by atoms with van der Waals surface area (Å²) in [6, 6.07) is 11.0. The van der Waals surface area contributed by atoms with Crippen LogP contribution >= 0.6 is 27.5 Å².